The number of nitrogens with zero attached hydrogens (tertiary/aromatic N) is 2. The molecule has 1 aliphatic heterocycles. The Morgan fingerprint density at radius 1 is 1.20 bits per heavy atom. The van der Waals surface area contributed by atoms with Gasteiger partial charge in [0.1, 0.15) is 0 Å². The van der Waals surface area contributed by atoms with Crippen molar-refractivity contribution in [1.82, 2.24) is 4.90 Å². The Hall–Kier alpha value is -1.33. The van der Waals surface area contributed by atoms with Crippen LogP contribution in [0.15, 0.2) is 24.3 Å². The first-order valence-corrected chi connectivity index (χ1v) is 7.77. The third-order valence-electron chi connectivity index (χ3n) is 4.83. The van der Waals surface area contributed by atoms with Crippen LogP contribution >= 0.6 is 0 Å². The van der Waals surface area contributed by atoms with Crippen molar-refractivity contribution in [2.75, 3.05) is 6.54 Å². The molecule has 1 aromatic rings. The summed E-state index contributed by atoms with van der Waals surface area (Å²) >= 11 is 0. The van der Waals surface area contributed by atoms with Crippen molar-refractivity contribution in [2.24, 2.45) is 5.92 Å². The van der Waals surface area contributed by atoms with E-state index in [0.29, 0.717) is 12.0 Å². The molecular formula is C18H24N2. The zero-order valence-electron chi connectivity index (χ0n) is 12.8. The zero-order chi connectivity index (χ0) is 14.3. The maximum atomic E-state index is 9.11. The van der Waals surface area contributed by atoms with E-state index in [4.69, 9.17) is 5.26 Å². The van der Waals surface area contributed by atoms with Crippen LogP contribution in [0.1, 0.15) is 63.1 Å². The van der Waals surface area contributed by atoms with Crippen molar-refractivity contribution < 1.29 is 0 Å². The first-order valence-electron chi connectivity index (χ1n) is 7.77. The van der Waals surface area contributed by atoms with E-state index in [2.05, 4.69) is 56.0 Å². The number of rotatable bonds is 2. The van der Waals surface area contributed by atoms with Crippen LogP contribution in [0.2, 0.25) is 0 Å². The third kappa shape index (κ3) is 2.36. The highest BCUT2D eigenvalue weighted by atomic mass is 15.2. The van der Waals surface area contributed by atoms with E-state index in [1.165, 1.54) is 30.5 Å². The molecular weight excluding hydrogens is 244 g/mol. The molecule has 1 heterocycles. The van der Waals surface area contributed by atoms with Crippen molar-refractivity contribution in [3.8, 4) is 6.07 Å². The van der Waals surface area contributed by atoms with Crippen LogP contribution in [0.4, 0.5) is 0 Å². The standard InChI is InChI=1S/C18H24N2/c1-18(2,3)20-10-6-9-17(20)15-8-5-4-7-14(15)16-11-13(16)12-19/h4-5,7-8,13,16-17H,6,9-11H2,1-3H3. The average molecular weight is 268 g/mol. The van der Waals surface area contributed by atoms with Crippen LogP contribution < -0.4 is 0 Å². The Kier molecular flexibility index (Phi) is 3.34. The van der Waals surface area contributed by atoms with E-state index in [9.17, 15) is 0 Å². The van der Waals surface area contributed by atoms with Gasteiger partial charge in [0.05, 0.1) is 12.0 Å². The fraction of sp³-hybridized carbons (Fsp3) is 0.611. The second-order valence-corrected chi connectivity index (χ2v) is 7.23. The maximum absolute atomic E-state index is 9.11. The third-order valence-corrected chi connectivity index (χ3v) is 4.83. The van der Waals surface area contributed by atoms with Crippen LogP contribution in [0.5, 0.6) is 0 Å². The molecule has 1 saturated carbocycles. The van der Waals surface area contributed by atoms with Gasteiger partial charge in [0, 0.05) is 17.5 Å². The quantitative estimate of drug-likeness (QED) is 0.801. The van der Waals surface area contributed by atoms with Gasteiger partial charge in [-0.05, 0) is 57.7 Å². The minimum Gasteiger partial charge on any atom is -0.291 e. The minimum absolute atomic E-state index is 0.215. The van der Waals surface area contributed by atoms with Crippen molar-refractivity contribution in [1.29, 1.82) is 5.26 Å². The summed E-state index contributed by atoms with van der Waals surface area (Å²) in [5, 5.41) is 9.11. The monoisotopic (exact) mass is 268 g/mol. The van der Waals surface area contributed by atoms with Crippen LogP contribution in [0.3, 0.4) is 0 Å². The van der Waals surface area contributed by atoms with Gasteiger partial charge in [-0.2, -0.15) is 5.26 Å². The van der Waals surface area contributed by atoms with E-state index in [1.807, 2.05) is 0 Å². The largest absolute Gasteiger partial charge is 0.291 e. The van der Waals surface area contributed by atoms with Crippen LogP contribution in [0.25, 0.3) is 0 Å². The molecule has 20 heavy (non-hydrogen) atoms. The number of nitriles is 1. The van der Waals surface area contributed by atoms with Gasteiger partial charge in [0.25, 0.3) is 0 Å². The Morgan fingerprint density at radius 2 is 1.90 bits per heavy atom. The summed E-state index contributed by atoms with van der Waals surface area (Å²) in [6.07, 6.45) is 3.58. The second-order valence-electron chi connectivity index (χ2n) is 7.23. The summed E-state index contributed by atoms with van der Waals surface area (Å²) in [7, 11) is 0. The predicted octanol–water partition coefficient (Wildman–Crippen LogP) is 4.25. The lowest BCUT2D eigenvalue weighted by Crippen LogP contribution is -2.40. The Balaban J connectivity index is 1.93. The number of hydrogen-bond donors (Lipinski definition) is 0. The van der Waals surface area contributed by atoms with Gasteiger partial charge >= 0.3 is 0 Å². The lowest BCUT2D eigenvalue weighted by molar-refractivity contribution is 0.121. The minimum atomic E-state index is 0.215. The van der Waals surface area contributed by atoms with E-state index in [-0.39, 0.29) is 11.5 Å². The summed E-state index contributed by atoms with van der Waals surface area (Å²) in [4.78, 5) is 2.63. The molecule has 3 rings (SSSR count). The van der Waals surface area contributed by atoms with E-state index < -0.39 is 0 Å². The first-order chi connectivity index (χ1) is 9.52. The predicted molar refractivity (Wildman–Crippen MR) is 81.3 cm³/mol. The topological polar surface area (TPSA) is 27.0 Å². The van der Waals surface area contributed by atoms with Gasteiger partial charge in [-0.3, -0.25) is 4.90 Å². The summed E-state index contributed by atoms with van der Waals surface area (Å²) in [5.41, 5.74) is 3.12. The van der Waals surface area contributed by atoms with Gasteiger partial charge in [-0.1, -0.05) is 24.3 Å². The van der Waals surface area contributed by atoms with Gasteiger partial charge in [-0.15, -0.1) is 0 Å². The van der Waals surface area contributed by atoms with Crippen LogP contribution in [-0.2, 0) is 0 Å². The SMILES string of the molecule is CC(C)(C)N1CCCC1c1ccccc1C1CC1C#N. The summed E-state index contributed by atoms with van der Waals surface area (Å²) in [6, 6.07) is 11.8. The fourth-order valence-electron chi connectivity index (χ4n) is 3.73. The van der Waals surface area contributed by atoms with E-state index in [0.717, 1.165) is 6.42 Å². The number of benzene rings is 1. The van der Waals surface area contributed by atoms with E-state index >= 15 is 0 Å². The molecule has 1 saturated heterocycles. The zero-order valence-corrected chi connectivity index (χ0v) is 12.8. The molecule has 2 fully saturated rings. The Morgan fingerprint density at radius 3 is 2.50 bits per heavy atom. The molecule has 0 aromatic heterocycles. The molecule has 3 unspecified atom stereocenters. The summed E-state index contributed by atoms with van der Waals surface area (Å²) in [6.45, 7) is 8.12. The molecule has 0 radical (unpaired) electrons. The highest BCUT2D eigenvalue weighted by Crippen LogP contribution is 2.50. The highest BCUT2D eigenvalue weighted by molar-refractivity contribution is 5.39. The molecule has 0 bridgehead atoms. The molecule has 2 heteroatoms. The van der Waals surface area contributed by atoms with Crippen molar-refractivity contribution in [2.45, 2.75) is 57.5 Å². The van der Waals surface area contributed by atoms with Crippen molar-refractivity contribution in [3.05, 3.63) is 35.4 Å². The molecule has 106 valence electrons. The van der Waals surface area contributed by atoms with Crippen LogP contribution in [0, 0.1) is 17.2 Å². The number of likely N-dealkylation sites (tertiary alicyclic amines) is 1. The Bertz CT molecular complexity index is 535. The molecule has 0 amide bonds. The molecule has 0 spiro atoms. The van der Waals surface area contributed by atoms with Crippen LogP contribution in [-0.4, -0.2) is 17.0 Å². The second kappa shape index (κ2) is 4.90. The normalized spacial score (nSPS) is 30.2. The smallest absolute Gasteiger partial charge is 0.0662 e. The molecule has 1 aliphatic carbocycles. The average Bonchev–Trinajstić information content (AvgIpc) is 3.03. The van der Waals surface area contributed by atoms with Gasteiger partial charge < -0.3 is 0 Å². The lowest BCUT2D eigenvalue weighted by Gasteiger charge is -2.38. The van der Waals surface area contributed by atoms with Gasteiger partial charge in [-0.25, -0.2) is 0 Å². The molecule has 2 nitrogen and oxygen atoms in total. The Labute approximate surface area is 122 Å². The van der Waals surface area contributed by atoms with Crippen molar-refractivity contribution in [3.63, 3.8) is 0 Å². The summed E-state index contributed by atoms with van der Waals surface area (Å²) < 4.78 is 0. The fourth-order valence-corrected chi connectivity index (χ4v) is 3.73. The van der Waals surface area contributed by atoms with Crippen molar-refractivity contribution >= 4 is 0 Å². The molecule has 3 atom stereocenters. The van der Waals surface area contributed by atoms with E-state index in [1.54, 1.807) is 0 Å². The summed E-state index contributed by atoms with van der Waals surface area (Å²) in [5.74, 6) is 0.735. The number of hydrogen-bond acceptors (Lipinski definition) is 2. The van der Waals surface area contributed by atoms with Gasteiger partial charge in [0.15, 0.2) is 0 Å². The van der Waals surface area contributed by atoms with Gasteiger partial charge in [0.2, 0.25) is 0 Å². The molecule has 1 aromatic carbocycles. The lowest BCUT2D eigenvalue weighted by atomic mass is 9.93. The highest BCUT2D eigenvalue weighted by Gasteiger charge is 2.42. The maximum Gasteiger partial charge on any atom is 0.0662 e. The molecule has 2 aliphatic rings. The first kappa shape index (κ1) is 13.6. The molecule has 0 N–H and O–H groups in total.